The van der Waals surface area contributed by atoms with Gasteiger partial charge in [0.15, 0.2) is 0 Å². The molecule has 5 nitrogen and oxygen atoms in total. The predicted octanol–water partition coefficient (Wildman–Crippen LogP) is 1.67. The van der Waals surface area contributed by atoms with Crippen LogP contribution < -0.4 is 5.32 Å². The average Bonchev–Trinajstić information content (AvgIpc) is 2.47. The van der Waals surface area contributed by atoms with E-state index in [2.05, 4.69) is 26.1 Å². The molecule has 0 saturated carbocycles. The molecule has 0 bridgehead atoms. The minimum absolute atomic E-state index is 0.427. The summed E-state index contributed by atoms with van der Waals surface area (Å²) in [7, 11) is -3.26. The van der Waals surface area contributed by atoms with Gasteiger partial charge in [-0.3, -0.25) is 0 Å². The molecule has 2 aliphatic heterocycles. The highest BCUT2D eigenvalue weighted by Gasteiger charge is 2.37. The van der Waals surface area contributed by atoms with Crippen LogP contribution in [0, 0.1) is 11.8 Å². The summed E-state index contributed by atoms with van der Waals surface area (Å²) in [6.45, 7) is 10.1. The number of nitrogens with one attached hydrogen (secondary N) is 1. The van der Waals surface area contributed by atoms with Gasteiger partial charge in [0.2, 0.25) is 0 Å². The first-order chi connectivity index (χ1) is 9.98. The molecular formula is C15H31N3O2S. The highest BCUT2D eigenvalue weighted by Crippen LogP contribution is 2.26. The van der Waals surface area contributed by atoms with Crippen molar-refractivity contribution in [2.45, 2.75) is 52.5 Å². The summed E-state index contributed by atoms with van der Waals surface area (Å²) in [5.41, 5.74) is 0. The van der Waals surface area contributed by atoms with Gasteiger partial charge in [0.25, 0.3) is 10.2 Å². The normalized spacial score (nSPS) is 33.2. The Labute approximate surface area is 130 Å². The zero-order valence-corrected chi connectivity index (χ0v) is 14.5. The molecule has 2 saturated heterocycles. The maximum Gasteiger partial charge on any atom is 0.281 e. The van der Waals surface area contributed by atoms with Crippen LogP contribution in [0.15, 0.2) is 0 Å². The lowest BCUT2D eigenvalue weighted by molar-refractivity contribution is 0.185. The summed E-state index contributed by atoms with van der Waals surface area (Å²) in [5.74, 6) is 0.908. The average molecular weight is 317 g/mol. The van der Waals surface area contributed by atoms with Gasteiger partial charge in [-0.25, -0.2) is 0 Å². The molecule has 21 heavy (non-hydrogen) atoms. The molecule has 2 fully saturated rings. The van der Waals surface area contributed by atoms with Crippen LogP contribution in [-0.4, -0.2) is 55.8 Å². The third-order valence-corrected chi connectivity index (χ3v) is 6.93. The van der Waals surface area contributed by atoms with E-state index < -0.39 is 10.2 Å². The molecule has 3 unspecified atom stereocenters. The SMILES string of the molecule is CCNC1CCN(S(=O)(=O)N2CCCC(C)C2)CC1CC. The Morgan fingerprint density at radius 3 is 2.43 bits per heavy atom. The number of rotatable bonds is 5. The van der Waals surface area contributed by atoms with Gasteiger partial charge in [0.1, 0.15) is 0 Å². The molecule has 0 aromatic rings. The summed E-state index contributed by atoms with van der Waals surface area (Å²) < 4.78 is 29.1. The van der Waals surface area contributed by atoms with Gasteiger partial charge in [0, 0.05) is 32.2 Å². The maximum atomic E-state index is 12.8. The van der Waals surface area contributed by atoms with Crippen LogP contribution in [0.2, 0.25) is 0 Å². The molecule has 0 amide bonds. The van der Waals surface area contributed by atoms with E-state index in [1.807, 2.05) is 0 Å². The highest BCUT2D eigenvalue weighted by molar-refractivity contribution is 7.86. The fourth-order valence-corrected chi connectivity index (χ4v) is 5.52. The monoisotopic (exact) mass is 317 g/mol. The zero-order chi connectivity index (χ0) is 15.5. The van der Waals surface area contributed by atoms with Gasteiger partial charge in [0.05, 0.1) is 0 Å². The number of piperidine rings is 2. The van der Waals surface area contributed by atoms with Crippen molar-refractivity contribution in [3.63, 3.8) is 0 Å². The van der Waals surface area contributed by atoms with Gasteiger partial charge in [-0.1, -0.05) is 27.2 Å². The Kier molecular flexibility index (Phi) is 6.05. The van der Waals surface area contributed by atoms with Gasteiger partial charge < -0.3 is 5.32 Å². The summed E-state index contributed by atoms with van der Waals surface area (Å²) in [4.78, 5) is 0. The molecule has 0 aromatic carbocycles. The van der Waals surface area contributed by atoms with Crippen molar-refractivity contribution >= 4 is 10.2 Å². The Bertz CT molecular complexity index is 427. The molecule has 2 rings (SSSR count). The van der Waals surface area contributed by atoms with Crippen molar-refractivity contribution in [3.05, 3.63) is 0 Å². The van der Waals surface area contributed by atoms with Gasteiger partial charge in [-0.05, 0) is 37.6 Å². The van der Waals surface area contributed by atoms with Crippen molar-refractivity contribution in [3.8, 4) is 0 Å². The highest BCUT2D eigenvalue weighted by atomic mass is 32.2. The van der Waals surface area contributed by atoms with Crippen molar-refractivity contribution in [1.29, 1.82) is 0 Å². The fraction of sp³-hybridized carbons (Fsp3) is 1.00. The van der Waals surface area contributed by atoms with Crippen LogP contribution >= 0.6 is 0 Å². The zero-order valence-electron chi connectivity index (χ0n) is 13.7. The van der Waals surface area contributed by atoms with Crippen LogP contribution in [0.4, 0.5) is 0 Å². The van der Waals surface area contributed by atoms with E-state index >= 15 is 0 Å². The van der Waals surface area contributed by atoms with E-state index in [1.165, 1.54) is 0 Å². The molecule has 1 N–H and O–H groups in total. The minimum Gasteiger partial charge on any atom is -0.314 e. The van der Waals surface area contributed by atoms with E-state index in [1.54, 1.807) is 8.61 Å². The lowest BCUT2D eigenvalue weighted by Crippen LogP contribution is -2.55. The summed E-state index contributed by atoms with van der Waals surface area (Å²) in [6.07, 6.45) is 4.09. The molecule has 0 aliphatic carbocycles. The van der Waals surface area contributed by atoms with E-state index in [4.69, 9.17) is 0 Å². The van der Waals surface area contributed by atoms with Gasteiger partial charge in [-0.2, -0.15) is 17.0 Å². The van der Waals surface area contributed by atoms with Crippen LogP contribution in [0.5, 0.6) is 0 Å². The first-order valence-corrected chi connectivity index (χ1v) is 9.87. The Balaban J connectivity index is 2.04. The minimum atomic E-state index is -3.26. The smallest absolute Gasteiger partial charge is 0.281 e. The topological polar surface area (TPSA) is 52.7 Å². The lowest BCUT2D eigenvalue weighted by atomic mass is 9.91. The number of nitrogens with zero attached hydrogens (tertiary/aromatic N) is 2. The molecule has 2 aliphatic rings. The number of hydrogen-bond acceptors (Lipinski definition) is 3. The van der Waals surface area contributed by atoms with Crippen molar-refractivity contribution in [1.82, 2.24) is 13.9 Å². The molecule has 2 heterocycles. The van der Waals surface area contributed by atoms with E-state index in [0.29, 0.717) is 44.1 Å². The second-order valence-electron chi connectivity index (χ2n) is 6.59. The molecule has 0 aromatic heterocycles. The molecule has 3 atom stereocenters. The van der Waals surface area contributed by atoms with Crippen LogP contribution in [0.3, 0.4) is 0 Å². The second kappa shape index (κ2) is 7.40. The van der Waals surface area contributed by atoms with Gasteiger partial charge >= 0.3 is 0 Å². The summed E-state index contributed by atoms with van der Waals surface area (Å²) >= 11 is 0. The van der Waals surface area contributed by atoms with Crippen molar-refractivity contribution in [2.24, 2.45) is 11.8 Å². The van der Waals surface area contributed by atoms with Crippen molar-refractivity contribution < 1.29 is 8.42 Å². The van der Waals surface area contributed by atoms with Crippen LogP contribution in [0.1, 0.15) is 46.5 Å². The van der Waals surface area contributed by atoms with E-state index in [9.17, 15) is 8.42 Å². The van der Waals surface area contributed by atoms with Crippen LogP contribution in [0.25, 0.3) is 0 Å². The summed E-state index contributed by atoms with van der Waals surface area (Å²) in [6, 6.07) is 0.465. The standard InChI is InChI=1S/C15H31N3O2S/c1-4-14-12-18(10-8-15(14)16-5-2)21(19,20)17-9-6-7-13(3)11-17/h13-16H,4-12H2,1-3H3. The van der Waals surface area contributed by atoms with E-state index in [-0.39, 0.29) is 0 Å². The fourth-order valence-electron chi connectivity index (χ4n) is 3.67. The number of hydrogen-bond donors (Lipinski definition) is 1. The third kappa shape index (κ3) is 3.97. The van der Waals surface area contributed by atoms with E-state index in [0.717, 1.165) is 32.2 Å². The quantitative estimate of drug-likeness (QED) is 0.839. The first kappa shape index (κ1) is 17.2. The molecule has 0 spiro atoms. The third-order valence-electron chi connectivity index (χ3n) is 4.96. The molecular weight excluding hydrogens is 286 g/mol. The second-order valence-corrected chi connectivity index (χ2v) is 8.52. The largest absolute Gasteiger partial charge is 0.314 e. The summed E-state index contributed by atoms with van der Waals surface area (Å²) in [5, 5.41) is 3.51. The molecule has 124 valence electrons. The maximum absolute atomic E-state index is 12.8. The lowest BCUT2D eigenvalue weighted by Gasteiger charge is -2.41. The Hall–Kier alpha value is -0.170. The van der Waals surface area contributed by atoms with Crippen LogP contribution in [-0.2, 0) is 10.2 Å². The first-order valence-electron chi connectivity index (χ1n) is 8.47. The Morgan fingerprint density at radius 1 is 1.10 bits per heavy atom. The molecule has 6 heteroatoms. The predicted molar refractivity (Wildman–Crippen MR) is 86.3 cm³/mol. The van der Waals surface area contributed by atoms with Crippen molar-refractivity contribution in [2.75, 3.05) is 32.7 Å². The Morgan fingerprint density at radius 2 is 1.81 bits per heavy atom. The molecule has 0 radical (unpaired) electrons. The van der Waals surface area contributed by atoms with Gasteiger partial charge in [-0.15, -0.1) is 0 Å².